The molecule has 28 heavy (non-hydrogen) atoms. The zero-order valence-corrected chi connectivity index (χ0v) is 16.0. The van der Waals surface area contributed by atoms with Crippen molar-refractivity contribution in [1.82, 2.24) is 9.99 Å². The zero-order chi connectivity index (χ0) is 21.1. The maximum absolute atomic E-state index is 12.5. The second kappa shape index (κ2) is 8.70. The van der Waals surface area contributed by atoms with Gasteiger partial charge in [-0.1, -0.05) is 30.3 Å². The Bertz CT molecular complexity index is 782. The number of aliphatic carboxylic acids is 1. The zero-order valence-electron chi connectivity index (χ0n) is 15.1. The molecule has 4 atom stereocenters. The van der Waals surface area contributed by atoms with Crippen LogP contribution in [0.25, 0.3) is 0 Å². The highest BCUT2D eigenvalue weighted by molar-refractivity contribution is 7.50. The minimum Gasteiger partial charge on any atom is -0.480 e. The summed E-state index contributed by atoms with van der Waals surface area (Å²) in [5.74, 6) is -2.91. The van der Waals surface area contributed by atoms with Crippen LogP contribution >= 0.6 is 7.75 Å². The summed E-state index contributed by atoms with van der Waals surface area (Å²) in [6.45, 7) is 2.58. The van der Waals surface area contributed by atoms with Crippen LogP contribution in [-0.2, 0) is 30.2 Å². The van der Waals surface area contributed by atoms with Gasteiger partial charge in [0, 0.05) is 0 Å². The summed E-state index contributed by atoms with van der Waals surface area (Å²) < 4.78 is 21.7. The fourth-order valence-corrected chi connectivity index (χ4v) is 3.53. The SMILES string of the molecule is CC1O[C@H]1C(C(=O)O)N(C(=O)[C@H](C)NC(=O)OCc1ccccc1)P(=O)(O)O. The number of amides is 2. The number of carbonyl (C=O) groups is 3. The Morgan fingerprint density at radius 2 is 1.86 bits per heavy atom. The summed E-state index contributed by atoms with van der Waals surface area (Å²) in [4.78, 5) is 54.9. The van der Waals surface area contributed by atoms with Crippen molar-refractivity contribution < 1.29 is 43.3 Å². The third-order valence-corrected chi connectivity index (χ3v) is 5.02. The van der Waals surface area contributed by atoms with E-state index < -0.39 is 50.0 Å². The van der Waals surface area contributed by atoms with Crippen LogP contribution < -0.4 is 5.32 Å². The number of rotatable bonds is 8. The number of nitrogens with zero attached hydrogens (tertiary/aromatic N) is 1. The van der Waals surface area contributed by atoms with Crippen LogP contribution in [0.5, 0.6) is 0 Å². The van der Waals surface area contributed by atoms with Crippen molar-refractivity contribution in [3.8, 4) is 0 Å². The second-order valence-corrected chi connectivity index (χ2v) is 7.67. The summed E-state index contributed by atoms with van der Waals surface area (Å²) in [6, 6.07) is 5.35. The molecule has 11 nitrogen and oxygen atoms in total. The molecular weight excluding hydrogens is 395 g/mol. The smallest absolute Gasteiger partial charge is 0.433 e. The molecule has 1 saturated heterocycles. The van der Waals surface area contributed by atoms with Gasteiger partial charge in [-0.15, -0.1) is 0 Å². The standard InChI is InChI=1S/C16H21N2O9P/c1-9(17-16(22)26-8-11-6-4-3-5-7-11)14(19)18(28(23,24)25)12(15(20)21)13-10(2)27-13/h3-7,9-10,12-13H,8H2,1-2H3,(H,17,22)(H,20,21)(H2,23,24,25)/t9-,10?,12?,13+/m0/s1. The van der Waals surface area contributed by atoms with Crippen molar-refractivity contribution in [2.24, 2.45) is 0 Å². The average Bonchev–Trinajstić information content (AvgIpc) is 3.32. The van der Waals surface area contributed by atoms with Gasteiger partial charge in [0.05, 0.1) is 6.10 Å². The van der Waals surface area contributed by atoms with Crippen molar-refractivity contribution in [2.45, 2.75) is 44.7 Å². The molecule has 1 aliphatic heterocycles. The van der Waals surface area contributed by atoms with Gasteiger partial charge in [-0.05, 0) is 19.4 Å². The first-order valence-corrected chi connectivity index (χ1v) is 9.83. The minimum atomic E-state index is -5.31. The molecule has 1 heterocycles. The largest absolute Gasteiger partial charge is 0.480 e. The van der Waals surface area contributed by atoms with E-state index in [1.165, 1.54) is 6.92 Å². The number of epoxide rings is 1. The van der Waals surface area contributed by atoms with Crippen molar-refractivity contribution in [3.63, 3.8) is 0 Å². The second-order valence-electron chi connectivity index (χ2n) is 6.21. The average molecular weight is 416 g/mol. The Hall–Kier alpha value is -2.46. The Morgan fingerprint density at radius 1 is 1.29 bits per heavy atom. The quantitative estimate of drug-likeness (QED) is 0.348. The van der Waals surface area contributed by atoms with Gasteiger partial charge in [0.1, 0.15) is 18.8 Å². The fraction of sp³-hybridized carbons (Fsp3) is 0.438. The molecule has 1 aromatic rings. The Balaban J connectivity index is 2.05. The topological polar surface area (TPSA) is 166 Å². The lowest BCUT2D eigenvalue weighted by molar-refractivity contribution is -0.148. The molecule has 2 unspecified atom stereocenters. The van der Waals surface area contributed by atoms with Crippen LogP contribution in [0, 0.1) is 0 Å². The molecule has 2 rings (SSSR count). The van der Waals surface area contributed by atoms with E-state index in [1.54, 1.807) is 30.3 Å². The summed E-state index contributed by atoms with van der Waals surface area (Å²) in [7, 11) is -5.31. The van der Waals surface area contributed by atoms with E-state index in [0.29, 0.717) is 5.56 Å². The summed E-state index contributed by atoms with van der Waals surface area (Å²) in [6.07, 6.45) is -2.65. The van der Waals surface area contributed by atoms with Crippen LogP contribution in [0.1, 0.15) is 19.4 Å². The van der Waals surface area contributed by atoms with E-state index in [0.717, 1.165) is 6.92 Å². The number of hydrogen-bond donors (Lipinski definition) is 4. The third-order valence-electron chi connectivity index (χ3n) is 4.01. The van der Waals surface area contributed by atoms with Crippen molar-refractivity contribution in [1.29, 1.82) is 0 Å². The predicted molar refractivity (Wildman–Crippen MR) is 93.9 cm³/mol. The van der Waals surface area contributed by atoms with Gasteiger partial charge >= 0.3 is 19.8 Å². The molecule has 0 aliphatic carbocycles. The van der Waals surface area contributed by atoms with E-state index in [2.05, 4.69) is 5.32 Å². The highest BCUT2D eigenvalue weighted by Crippen LogP contribution is 2.45. The van der Waals surface area contributed by atoms with Gasteiger partial charge in [-0.3, -0.25) is 4.79 Å². The first-order chi connectivity index (χ1) is 13.0. The third kappa shape index (κ3) is 5.52. The number of benzene rings is 1. The summed E-state index contributed by atoms with van der Waals surface area (Å²) in [5, 5.41) is 11.5. The first-order valence-electron chi connectivity index (χ1n) is 8.27. The molecule has 1 aromatic carbocycles. The Kier molecular flexibility index (Phi) is 6.78. The highest BCUT2D eigenvalue weighted by atomic mass is 31.2. The Labute approximate surface area is 160 Å². The Morgan fingerprint density at radius 3 is 2.32 bits per heavy atom. The fourth-order valence-electron chi connectivity index (χ4n) is 2.55. The number of ether oxygens (including phenoxy) is 2. The van der Waals surface area contributed by atoms with Crippen LogP contribution in [-0.4, -0.2) is 61.8 Å². The number of hydrogen-bond acceptors (Lipinski definition) is 6. The van der Waals surface area contributed by atoms with Gasteiger partial charge in [-0.2, -0.15) is 0 Å². The van der Waals surface area contributed by atoms with Crippen LogP contribution in [0.2, 0.25) is 0 Å². The maximum Gasteiger partial charge on any atom is 0.433 e. The maximum atomic E-state index is 12.5. The molecular formula is C16H21N2O9P. The van der Waals surface area contributed by atoms with E-state index in [4.69, 9.17) is 9.47 Å². The summed E-state index contributed by atoms with van der Waals surface area (Å²) >= 11 is 0. The lowest BCUT2D eigenvalue weighted by atomic mass is 10.1. The molecule has 12 heteroatoms. The molecule has 1 aliphatic rings. The molecule has 0 spiro atoms. The number of nitrogens with one attached hydrogen (secondary N) is 1. The van der Waals surface area contributed by atoms with E-state index in [-0.39, 0.29) is 11.3 Å². The number of alkyl carbamates (subject to hydrolysis) is 1. The number of carboxylic acid groups (broad SMARTS) is 1. The molecule has 2 amide bonds. The highest BCUT2D eigenvalue weighted by Gasteiger charge is 2.54. The van der Waals surface area contributed by atoms with Crippen molar-refractivity contribution >= 4 is 25.7 Å². The first kappa shape index (κ1) is 21.8. The summed E-state index contributed by atoms with van der Waals surface area (Å²) in [5.41, 5.74) is 0.694. The van der Waals surface area contributed by atoms with Gasteiger partial charge in [-0.25, -0.2) is 18.8 Å². The molecule has 0 bridgehead atoms. The van der Waals surface area contributed by atoms with Crippen LogP contribution in [0.3, 0.4) is 0 Å². The van der Waals surface area contributed by atoms with Gasteiger partial charge in [0.25, 0.3) is 5.91 Å². The molecule has 1 fully saturated rings. The van der Waals surface area contributed by atoms with Gasteiger partial charge in [0.2, 0.25) is 0 Å². The monoisotopic (exact) mass is 416 g/mol. The molecule has 0 aromatic heterocycles. The van der Waals surface area contributed by atoms with Gasteiger partial charge < -0.3 is 29.7 Å². The van der Waals surface area contributed by atoms with Crippen LogP contribution in [0.15, 0.2) is 30.3 Å². The minimum absolute atomic E-state index is 0.0638. The number of carboxylic acids is 1. The predicted octanol–water partition coefficient (Wildman–Crippen LogP) is 0.463. The number of carbonyl (C=O) groups excluding carboxylic acids is 2. The van der Waals surface area contributed by atoms with Crippen molar-refractivity contribution in [3.05, 3.63) is 35.9 Å². The van der Waals surface area contributed by atoms with Crippen LogP contribution in [0.4, 0.5) is 4.79 Å². The molecule has 154 valence electrons. The van der Waals surface area contributed by atoms with Gasteiger partial charge in [0.15, 0.2) is 6.04 Å². The van der Waals surface area contributed by atoms with E-state index >= 15 is 0 Å². The van der Waals surface area contributed by atoms with E-state index in [1.807, 2.05) is 0 Å². The molecule has 4 N–H and O–H groups in total. The normalized spacial score (nSPS) is 20.6. The molecule has 0 radical (unpaired) electrons. The lowest BCUT2D eigenvalue weighted by Gasteiger charge is -2.30. The lowest BCUT2D eigenvalue weighted by Crippen LogP contribution is -2.53. The van der Waals surface area contributed by atoms with Crippen molar-refractivity contribution in [2.75, 3.05) is 0 Å². The van der Waals surface area contributed by atoms with E-state index in [9.17, 15) is 33.8 Å². The molecule has 0 saturated carbocycles.